The van der Waals surface area contributed by atoms with Crippen molar-refractivity contribution in [1.82, 2.24) is 19.9 Å². The van der Waals surface area contributed by atoms with Crippen LogP contribution in [0.1, 0.15) is 22.3 Å². The van der Waals surface area contributed by atoms with Crippen LogP contribution in [-0.2, 0) is 16.8 Å². The summed E-state index contributed by atoms with van der Waals surface area (Å²) >= 11 is 0. The molecule has 9 nitrogen and oxygen atoms in total. The molecule has 0 aliphatic carbocycles. The van der Waals surface area contributed by atoms with E-state index in [4.69, 9.17) is 0 Å². The van der Waals surface area contributed by atoms with E-state index in [1.54, 1.807) is 36.5 Å². The average Bonchev–Trinajstić information content (AvgIpc) is 3.15. The van der Waals surface area contributed by atoms with Gasteiger partial charge in [-0.15, -0.1) is 0 Å². The van der Waals surface area contributed by atoms with E-state index in [0.717, 1.165) is 26.9 Å². The van der Waals surface area contributed by atoms with Gasteiger partial charge in [-0.3, -0.25) is 19.9 Å². The minimum Gasteiger partial charge on any atom is -0.480 e. The van der Waals surface area contributed by atoms with Crippen LogP contribution in [0, 0.1) is 0 Å². The lowest BCUT2D eigenvalue weighted by atomic mass is 9.76. The summed E-state index contributed by atoms with van der Waals surface area (Å²) in [4.78, 5) is 49.8. The van der Waals surface area contributed by atoms with Crippen LogP contribution >= 0.6 is 0 Å². The summed E-state index contributed by atoms with van der Waals surface area (Å²) < 4.78 is 1.10. The van der Waals surface area contributed by atoms with Gasteiger partial charge in [0.05, 0.1) is 27.6 Å². The molecule has 50 heavy (non-hydrogen) atoms. The van der Waals surface area contributed by atoms with Gasteiger partial charge in [0, 0.05) is 31.4 Å². The lowest BCUT2D eigenvalue weighted by Crippen LogP contribution is -2.53. The zero-order valence-corrected chi connectivity index (χ0v) is 27.6. The molecule has 0 radical (unpaired) electrons. The van der Waals surface area contributed by atoms with Crippen molar-refractivity contribution in [1.29, 1.82) is 0 Å². The molecule has 248 valence electrons. The van der Waals surface area contributed by atoms with E-state index < -0.39 is 28.8 Å². The van der Waals surface area contributed by atoms with Gasteiger partial charge in [-0.2, -0.15) is 0 Å². The van der Waals surface area contributed by atoms with E-state index in [-0.39, 0.29) is 6.42 Å². The van der Waals surface area contributed by atoms with Gasteiger partial charge in [-0.1, -0.05) is 103 Å². The number of nitrogens with zero attached hydrogens (tertiary/aromatic N) is 3. The Bertz CT molecular complexity index is 2350. The van der Waals surface area contributed by atoms with Gasteiger partial charge < -0.3 is 15.0 Å². The second-order valence-corrected chi connectivity index (χ2v) is 12.4. The summed E-state index contributed by atoms with van der Waals surface area (Å²) in [5.74, 6) is -1.03. The molecular formula is C41H35N5O4. The molecule has 0 saturated carbocycles. The molecule has 7 aromatic rings. The molecule has 0 amide bonds. The van der Waals surface area contributed by atoms with Gasteiger partial charge >= 0.3 is 11.7 Å². The highest BCUT2D eigenvalue weighted by Crippen LogP contribution is 2.38. The first kappa shape index (κ1) is 32.2. The van der Waals surface area contributed by atoms with Crippen LogP contribution < -0.4 is 21.5 Å². The second-order valence-electron chi connectivity index (χ2n) is 12.4. The number of hydrogen-bond acceptors (Lipinski definition) is 6. The van der Waals surface area contributed by atoms with Gasteiger partial charge in [0.1, 0.15) is 6.04 Å². The number of aliphatic carboxylic acids is 1. The third-order valence-electron chi connectivity index (χ3n) is 9.21. The lowest BCUT2D eigenvalue weighted by molar-refractivity contribution is -0.139. The second kappa shape index (κ2) is 13.3. The van der Waals surface area contributed by atoms with Gasteiger partial charge in [-0.25, -0.2) is 9.36 Å². The van der Waals surface area contributed by atoms with E-state index in [0.29, 0.717) is 33.1 Å². The number of carboxylic acids is 1. The Morgan fingerprint density at radius 2 is 1.40 bits per heavy atom. The van der Waals surface area contributed by atoms with Crippen LogP contribution in [0.4, 0.5) is 5.69 Å². The summed E-state index contributed by atoms with van der Waals surface area (Å²) in [6.07, 6.45) is 1.68. The number of fused-ring (bicyclic) bond motifs is 2. The Morgan fingerprint density at radius 1 is 0.800 bits per heavy atom. The fraction of sp³-hybridized carbons (Fsp3) is 0.122. The highest BCUT2D eigenvalue weighted by atomic mass is 16.4. The molecule has 9 heteroatoms. The molecule has 7 rings (SSSR count). The number of carbonyl (C=O) groups is 1. The Labute approximate surface area is 288 Å². The number of carboxylic acid groups (broad SMARTS) is 1. The lowest BCUT2D eigenvalue weighted by Gasteiger charge is -2.39. The van der Waals surface area contributed by atoms with E-state index >= 15 is 0 Å². The molecule has 1 unspecified atom stereocenters. The molecule has 3 N–H and O–H groups in total. The maximum atomic E-state index is 13.9. The highest BCUT2D eigenvalue weighted by molar-refractivity contribution is 5.90. The molecule has 2 aromatic heterocycles. The van der Waals surface area contributed by atoms with Crippen LogP contribution in [-0.4, -0.2) is 45.7 Å². The fourth-order valence-electron chi connectivity index (χ4n) is 6.77. The molecule has 0 bridgehead atoms. The monoisotopic (exact) mass is 661 g/mol. The molecule has 0 fully saturated rings. The number of H-pyrrole nitrogens is 1. The first-order chi connectivity index (χ1) is 24.3. The van der Waals surface area contributed by atoms with Crippen molar-refractivity contribution in [2.75, 3.05) is 19.0 Å². The highest BCUT2D eigenvalue weighted by Gasteiger charge is 2.40. The predicted octanol–water partition coefficient (Wildman–Crippen LogP) is 5.87. The van der Waals surface area contributed by atoms with Crippen molar-refractivity contribution < 1.29 is 9.90 Å². The third-order valence-corrected chi connectivity index (χ3v) is 9.21. The molecule has 0 saturated heterocycles. The number of nitrogens with one attached hydrogen (secondary N) is 2. The molecule has 5 aromatic carbocycles. The Kier molecular flexibility index (Phi) is 8.57. The van der Waals surface area contributed by atoms with Gasteiger partial charge in [0.2, 0.25) is 0 Å². The number of hydrogen-bond donors (Lipinski definition) is 3. The van der Waals surface area contributed by atoms with E-state index in [1.165, 1.54) is 0 Å². The minimum atomic E-state index is -1.07. The number of rotatable bonds is 10. The number of benzene rings is 5. The molecular weight excluding hydrogens is 626 g/mol. The fourth-order valence-corrected chi connectivity index (χ4v) is 6.77. The van der Waals surface area contributed by atoms with E-state index in [9.17, 15) is 19.5 Å². The summed E-state index contributed by atoms with van der Waals surface area (Å²) in [5, 5.41) is 15.4. The Hall–Kier alpha value is -6.32. The van der Waals surface area contributed by atoms with Crippen molar-refractivity contribution in [3.63, 3.8) is 0 Å². The third kappa shape index (κ3) is 5.73. The van der Waals surface area contributed by atoms with E-state index in [1.807, 2.05) is 122 Å². The zero-order chi connectivity index (χ0) is 34.8. The number of pyridine rings is 1. The smallest absolute Gasteiger partial charge is 0.333 e. The predicted molar refractivity (Wildman–Crippen MR) is 197 cm³/mol. The quantitative estimate of drug-likeness (QED) is 0.157. The SMILES string of the molecule is CN(C)c1ccc2[nH]c(=O)n(-c3ccc(CC(NC(c4ccccc4)(c4ccccc4)c4ccccc4)C(=O)O)c4cccnc34)c(=O)c2c1. The Morgan fingerprint density at radius 3 is 1.96 bits per heavy atom. The van der Waals surface area contributed by atoms with Gasteiger partial charge in [-0.05, 0) is 59.0 Å². The zero-order valence-electron chi connectivity index (χ0n) is 27.6. The number of aromatic amines is 1. The van der Waals surface area contributed by atoms with Crippen LogP contribution in [0.25, 0.3) is 27.5 Å². The molecule has 0 spiro atoms. The normalized spacial score (nSPS) is 12.2. The van der Waals surface area contributed by atoms with Crippen molar-refractivity contribution in [3.05, 3.63) is 183 Å². The molecule has 2 heterocycles. The van der Waals surface area contributed by atoms with Crippen LogP contribution in [0.2, 0.25) is 0 Å². The summed E-state index contributed by atoms with van der Waals surface area (Å²) in [5.41, 5.74) is 3.23. The topological polar surface area (TPSA) is 120 Å². The van der Waals surface area contributed by atoms with Crippen LogP contribution in [0.3, 0.4) is 0 Å². The summed E-state index contributed by atoms with van der Waals surface area (Å²) in [6, 6.07) is 40.8. The Balaban J connectivity index is 1.37. The van der Waals surface area contributed by atoms with Crippen molar-refractivity contribution >= 4 is 33.5 Å². The van der Waals surface area contributed by atoms with Crippen molar-refractivity contribution in [2.24, 2.45) is 0 Å². The van der Waals surface area contributed by atoms with Gasteiger partial charge in [0.15, 0.2) is 0 Å². The van der Waals surface area contributed by atoms with Crippen molar-refractivity contribution in [3.8, 4) is 5.69 Å². The largest absolute Gasteiger partial charge is 0.480 e. The average molecular weight is 662 g/mol. The van der Waals surface area contributed by atoms with Crippen molar-refractivity contribution in [2.45, 2.75) is 18.0 Å². The first-order valence-corrected chi connectivity index (χ1v) is 16.3. The number of aromatic nitrogens is 3. The first-order valence-electron chi connectivity index (χ1n) is 16.3. The van der Waals surface area contributed by atoms with Crippen LogP contribution in [0.5, 0.6) is 0 Å². The number of anilines is 1. The van der Waals surface area contributed by atoms with Crippen LogP contribution in [0.15, 0.2) is 149 Å². The summed E-state index contributed by atoms with van der Waals surface area (Å²) in [6.45, 7) is 0. The van der Waals surface area contributed by atoms with Gasteiger partial charge in [0.25, 0.3) is 5.56 Å². The molecule has 0 aliphatic rings. The summed E-state index contributed by atoms with van der Waals surface area (Å²) in [7, 11) is 3.76. The minimum absolute atomic E-state index is 0.0846. The maximum absolute atomic E-state index is 13.9. The molecule has 0 aliphatic heterocycles. The maximum Gasteiger partial charge on any atom is 0.333 e. The standard InChI is InChI=1S/C41H35N5O4/c1-45(2)31-21-22-34-33(26-31)38(47)46(40(50)43-34)36-23-20-27(32-19-12-24-42-37(32)36)25-35(39(48)49)44-41(28-13-6-3-7-14-28,29-15-8-4-9-16-29)30-17-10-5-11-18-30/h3-24,26,35,44H,25H2,1-2H3,(H,43,50)(H,48,49). The molecule has 1 atom stereocenters. The van der Waals surface area contributed by atoms with E-state index in [2.05, 4.69) is 15.3 Å².